The molecule has 2 aliphatic carbocycles. The molecule has 1 N–H and O–H groups in total. The lowest BCUT2D eigenvalue weighted by Crippen LogP contribution is -2.65. The summed E-state index contributed by atoms with van der Waals surface area (Å²) in [7, 11) is 0. The van der Waals surface area contributed by atoms with Crippen LogP contribution in [0.3, 0.4) is 0 Å². The molecule has 4 nitrogen and oxygen atoms in total. The lowest BCUT2D eigenvalue weighted by atomic mass is 9.54. The minimum Gasteiger partial charge on any atom is -0.478 e. The summed E-state index contributed by atoms with van der Waals surface area (Å²) in [6.45, 7) is 7.02. The van der Waals surface area contributed by atoms with Crippen LogP contribution in [0.4, 0.5) is 0 Å². The zero-order valence-corrected chi connectivity index (χ0v) is 16.2. The lowest BCUT2D eigenvalue weighted by molar-refractivity contribution is -0.184. The first-order valence-corrected chi connectivity index (χ1v) is 10.3. The zero-order chi connectivity index (χ0) is 18.6. The molecule has 2 saturated carbocycles. The summed E-state index contributed by atoms with van der Waals surface area (Å²) in [4.78, 5) is 13.9. The molecule has 2 fully saturated rings. The van der Waals surface area contributed by atoms with Gasteiger partial charge in [-0.25, -0.2) is 4.79 Å². The molecule has 0 bridgehead atoms. The molecule has 0 aromatic heterocycles. The fraction of sp³-hybridized carbons (Fsp3) is 0.682. The van der Waals surface area contributed by atoms with Gasteiger partial charge in [-0.3, -0.25) is 4.90 Å². The number of ether oxygens (including phenoxy) is 1. The molecule has 0 saturated heterocycles. The second kappa shape index (κ2) is 8.53. The molecule has 2 atom stereocenters. The molecular formula is C22H33NO3. The van der Waals surface area contributed by atoms with Crippen LogP contribution in [-0.4, -0.2) is 41.3 Å². The van der Waals surface area contributed by atoms with Crippen LogP contribution < -0.4 is 0 Å². The highest BCUT2D eigenvalue weighted by Crippen LogP contribution is 2.55. The minimum atomic E-state index is -0.849. The van der Waals surface area contributed by atoms with Crippen molar-refractivity contribution in [2.75, 3.05) is 13.2 Å². The Morgan fingerprint density at radius 1 is 1.27 bits per heavy atom. The molecule has 0 aliphatic heterocycles. The Morgan fingerprint density at radius 2 is 2.04 bits per heavy atom. The van der Waals surface area contributed by atoms with Crippen molar-refractivity contribution in [1.82, 2.24) is 4.90 Å². The van der Waals surface area contributed by atoms with Gasteiger partial charge in [-0.1, -0.05) is 38.3 Å². The predicted molar refractivity (Wildman–Crippen MR) is 103 cm³/mol. The van der Waals surface area contributed by atoms with E-state index in [1.807, 2.05) is 12.1 Å². The van der Waals surface area contributed by atoms with Crippen LogP contribution in [0.2, 0.25) is 0 Å². The Labute approximate surface area is 157 Å². The number of aromatic carboxylic acids is 1. The van der Waals surface area contributed by atoms with Crippen LogP contribution in [-0.2, 0) is 11.3 Å². The Morgan fingerprint density at radius 3 is 2.69 bits per heavy atom. The van der Waals surface area contributed by atoms with E-state index in [9.17, 15) is 9.90 Å². The molecule has 26 heavy (non-hydrogen) atoms. The van der Waals surface area contributed by atoms with Crippen molar-refractivity contribution in [3.63, 3.8) is 0 Å². The van der Waals surface area contributed by atoms with Gasteiger partial charge in [0.15, 0.2) is 0 Å². The molecule has 2 unspecified atom stereocenters. The van der Waals surface area contributed by atoms with Gasteiger partial charge in [-0.15, -0.1) is 0 Å². The second-order valence-electron chi connectivity index (χ2n) is 7.97. The van der Waals surface area contributed by atoms with Crippen molar-refractivity contribution in [2.45, 2.75) is 77.5 Å². The van der Waals surface area contributed by atoms with Gasteiger partial charge in [0.2, 0.25) is 0 Å². The fourth-order valence-electron chi connectivity index (χ4n) is 5.21. The van der Waals surface area contributed by atoms with Gasteiger partial charge in [-0.2, -0.15) is 0 Å². The highest BCUT2D eigenvalue weighted by molar-refractivity contribution is 5.87. The van der Waals surface area contributed by atoms with Crippen molar-refractivity contribution in [3.8, 4) is 0 Å². The van der Waals surface area contributed by atoms with E-state index in [-0.39, 0.29) is 0 Å². The number of hydrogen-bond donors (Lipinski definition) is 1. The van der Waals surface area contributed by atoms with Crippen LogP contribution in [0.5, 0.6) is 0 Å². The van der Waals surface area contributed by atoms with Crippen molar-refractivity contribution in [1.29, 1.82) is 0 Å². The van der Waals surface area contributed by atoms with Gasteiger partial charge in [-0.05, 0) is 56.8 Å². The maximum absolute atomic E-state index is 11.3. The third-order valence-electron chi connectivity index (χ3n) is 6.41. The average molecular weight is 360 g/mol. The van der Waals surface area contributed by atoms with Crippen LogP contribution in [0, 0.1) is 5.41 Å². The molecule has 0 heterocycles. The van der Waals surface area contributed by atoms with Gasteiger partial charge >= 0.3 is 5.97 Å². The van der Waals surface area contributed by atoms with Crippen LogP contribution in [0.15, 0.2) is 24.3 Å². The Bertz CT molecular complexity index is 609. The molecule has 0 amide bonds. The normalized spacial score (nSPS) is 24.6. The first-order valence-electron chi connectivity index (χ1n) is 10.3. The summed E-state index contributed by atoms with van der Waals surface area (Å²) in [6.07, 6.45) is 9.17. The standard InChI is InChI=1S/C22H33NO3/c1-3-13-23(16-17-9-8-10-18(14-17)21(24)25)19-15-20(26-4-2)22(19)11-6-5-7-12-22/h8-10,14,19-20H,3-7,11-13,15-16H2,1-2H3,(H,24,25). The lowest BCUT2D eigenvalue weighted by Gasteiger charge is -2.61. The quantitative estimate of drug-likeness (QED) is 0.729. The molecule has 1 aromatic carbocycles. The molecular weight excluding hydrogens is 326 g/mol. The number of rotatable bonds is 8. The van der Waals surface area contributed by atoms with Gasteiger partial charge in [0, 0.05) is 24.6 Å². The van der Waals surface area contributed by atoms with E-state index in [4.69, 9.17) is 4.74 Å². The molecule has 3 rings (SSSR count). The van der Waals surface area contributed by atoms with E-state index in [0.717, 1.165) is 38.1 Å². The number of nitrogens with zero attached hydrogens (tertiary/aromatic N) is 1. The summed E-state index contributed by atoms with van der Waals surface area (Å²) >= 11 is 0. The summed E-state index contributed by atoms with van der Waals surface area (Å²) in [5, 5.41) is 9.28. The molecule has 0 radical (unpaired) electrons. The van der Waals surface area contributed by atoms with Crippen LogP contribution in [0.25, 0.3) is 0 Å². The van der Waals surface area contributed by atoms with E-state index in [0.29, 0.717) is 23.1 Å². The summed E-state index contributed by atoms with van der Waals surface area (Å²) in [6, 6.07) is 7.99. The number of carboxylic acid groups (broad SMARTS) is 1. The van der Waals surface area contributed by atoms with Crippen LogP contribution >= 0.6 is 0 Å². The fourth-order valence-corrected chi connectivity index (χ4v) is 5.21. The number of carboxylic acids is 1. The topological polar surface area (TPSA) is 49.8 Å². The largest absolute Gasteiger partial charge is 0.478 e. The second-order valence-corrected chi connectivity index (χ2v) is 7.97. The van der Waals surface area contributed by atoms with Crippen molar-refractivity contribution < 1.29 is 14.6 Å². The molecule has 4 heteroatoms. The SMILES string of the molecule is CCCN(Cc1cccc(C(=O)O)c1)C1CC(OCC)C12CCCCC2. The van der Waals surface area contributed by atoms with Gasteiger partial charge in [0.25, 0.3) is 0 Å². The maximum Gasteiger partial charge on any atom is 0.335 e. The maximum atomic E-state index is 11.3. The number of hydrogen-bond acceptors (Lipinski definition) is 3. The minimum absolute atomic E-state index is 0.313. The van der Waals surface area contributed by atoms with E-state index < -0.39 is 5.97 Å². The average Bonchev–Trinajstić information content (AvgIpc) is 2.65. The number of benzene rings is 1. The Hall–Kier alpha value is -1.39. The number of carbonyl (C=O) groups is 1. The molecule has 2 aliphatic rings. The van der Waals surface area contributed by atoms with Crippen LogP contribution in [0.1, 0.15) is 74.7 Å². The molecule has 144 valence electrons. The Kier molecular flexibility index (Phi) is 6.36. The van der Waals surface area contributed by atoms with E-state index in [1.54, 1.807) is 6.07 Å². The van der Waals surface area contributed by atoms with E-state index >= 15 is 0 Å². The van der Waals surface area contributed by atoms with E-state index in [1.165, 1.54) is 32.1 Å². The highest BCUT2D eigenvalue weighted by atomic mass is 16.5. The predicted octanol–water partition coefficient (Wildman–Crippen LogP) is 4.72. The summed E-state index contributed by atoms with van der Waals surface area (Å²) < 4.78 is 6.13. The molecule has 1 spiro atoms. The molecule has 1 aromatic rings. The van der Waals surface area contributed by atoms with Crippen molar-refractivity contribution in [2.24, 2.45) is 5.41 Å². The van der Waals surface area contributed by atoms with Gasteiger partial charge in [0.1, 0.15) is 0 Å². The zero-order valence-electron chi connectivity index (χ0n) is 16.2. The summed E-state index contributed by atoms with van der Waals surface area (Å²) in [5.74, 6) is -0.849. The Balaban J connectivity index is 1.78. The third-order valence-corrected chi connectivity index (χ3v) is 6.41. The summed E-state index contributed by atoms with van der Waals surface area (Å²) in [5.41, 5.74) is 1.80. The van der Waals surface area contributed by atoms with Crippen molar-refractivity contribution >= 4 is 5.97 Å². The van der Waals surface area contributed by atoms with Gasteiger partial charge in [0.05, 0.1) is 11.7 Å². The third kappa shape index (κ3) is 3.81. The first kappa shape index (κ1) is 19.4. The monoisotopic (exact) mass is 359 g/mol. The smallest absolute Gasteiger partial charge is 0.335 e. The van der Waals surface area contributed by atoms with Crippen molar-refractivity contribution in [3.05, 3.63) is 35.4 Å². The van der Waals surface area contributed by atoms with E-state index in [2.05, 4.69) is 24.8 Å². The van der Waals surface area contributed by atoms with Gasteiger partial charge < -0.3 is 9.84 Å². The first-order chi connectivity index (χ1) is 12.6. The highest BCUT2D eigenvalue weighted by Gasteiger charge is 2.57.